The van der Waals surface area contributed by atoms with Gasteiger partial charge in [0.2, 0.25) is 5.91 Å². The number of unbranched alkanes of at least 4 members (excludes halogenated alkanes) is 60. The molecule has 0 rings (SSSR count). The Morgan fingerprint density at radius 3 is 0.845 bits per heavy atom. The highest BCUT2D eigenvalue weighted by molar-refractivity contribution is 5.76. The van der Waals surface area contributed by atoms with Crippen molar-refractivity contribution in [3.8, 4) is 0 Å². The topological polar surface area (TPSA) is 95.9 Å². The number of aliphatic hydroxyl groups is 2. The van der Waals surface area contributed by atoms with E-state index < -0.39 is 12.1 Å². The quantitative estimate of drug-likeness (QED) is 0.0320. The predicted molar refractivity (Wildman–Crippen MR) is 370 cm³/mol. The number of nitrogens with one attached hydrogen (secondary N) is 1. The van der Waals surface area contributed by atoms with E-state index in [0.29, 0.717) is 19.4 Å². The molecule has 2 unspecified atom stereocenters. The lowest BCUT2D eigenvalue weighted by Crippen LogP contribution is -2.45. The lowest BCUT2D eigenvalue weighted by molar-refractivity contribution is -0.143. The van der Waals surface area contributed by atoms with Crippen LogP contribution >= 0.6 is 0 Å². The second-order valence-electron chi connectivity index (χ2n) is 26.7. The largest absolute Gasteiger partial charge is 0.466 e. The third kappa shape index (κ3) is 69.4. The lowest BCUT2D eigenvalue weighted by Gasteiger charge is -2.20. The molecule has 0 spiro atoms. The van der Waals surface area contributed by atoms with E-state index in [9.17, 15) is 19.8 Å². The van der Waals surface area contributed by atoms with Gasteiger partial charge in [-0.05, 0) is 57.8 Å². The van der Waals surface area contributed by atoms with Crippen molar-refractivity contribution in [1.82, 2.24) is 5.32 Å². The number of carbonyl (C=O) groups excluding carboxylic acids is 2. The molecule has 6 heteroatoms. The maximum atomic E-state index is 12.6. The van der Waals surface area contributed by atoms with E-state index in [4.69, 9.17) is 4.74 Å². The van der Waals surface area contributed by atoms with Crippen molar-refractivity contribution in [2.45, 2.75) is 450 Å². The van der Waals surface area contributed by atoms with E-state index in [1.54, 1.807) is 6.08 Å². The van der Waals surface area contributed by atoms with Gasteiger partial charge in [-0.1, -0.05) is 391 Å². The summed E-state index contributed by atoms with van der Waals surface area (Å²) in [4.78, 5) is 24.6. The number of rotatable bonds is 73. The van der Waals surface area contributed by atoms with E-state index >= 15 is 0 Å². The number of amides is 1. The molecule has 0 aromatic heterocycles. The Morgan fingerprint density at radius 2 is 0.560 bits per heavy atom. The van der Waals surface area contributed by atoms with Crippen LogP contribution in [0, 0.1) is 0 Å². The van der Waals surface area contributed by atoms with Crippen molar-refractivity contribution in [2.24, 2.45) is 0 Å². The van der Waals surface area contributed by atoms with Crippen LogP contribution < -0.4 is 5.32 Å². The molecule has 84 heavy (non-hydrogen) atoms. The molecule has 0 aliphatic carbocycles. The smallest absolute Gasteiger partial charge is 0.305 e. The summed E-state index contributed by atoms with van der Waals surface area (Å²) >= 11 is 0. The van der Waals surface area contributed by atoms with Gasteiger partial charge in [-0.2, -0.15) is 0 Å². The minimum atomic E-state index is -0.845. The molecule has 2 atom stereocenters. The normalized spacial score (nSPS) is 12.6. The van der Waals surface area contributed by atoms with Crippen LogP contribution in [0.1, 0.15) is 438 Å². The Morgan fingerprint density at radius 1 is 0.321 bits per heavy atom. The first kappa shape index (κ1) is 82.3. The van der Waals surface area contributed by atoms with Gasteiger partial charge in [-0.25, -0.2) is 0 Å². The number of ether oxygens (including phenoxy) is 1. The average molecular weight is 1180 g/mol. The van der Waals surface area contributed by atoms with Crippen LogP contribution in [0.2, 0.25) is 0 Å². The first-order valence-electron chi connectivity index (χ1n) is 38.6. The second-order valence-corrected chi connectivity index (χ2v) is 26.7. The fourth-order valence-corrected chi connectivity index (χ4v) is 12.3. The summed E-state index contributed by atoms with van der Waals surface area (Å²) in [5.41, 5.74) is 0. The highest BCUT2D eigenvalue weighted by atomic mass is 16.5. The average Bonchev–Trinajstić information content (AvgIpc) is 3.51. The van der Waals surface area contributed by atoms with Crippen LogP contribution in [0.15, 0.2) is 24.3 Å². The summed E-state index contributed by atoms with van der Waals surface area (Å²) in [5.74, 6) is -0.0432. The molecule has 0 bridgehead atoms. The summed E-state index contributed by atoms with van der Waals surface area (Å²) < 4.78 is 5.49. The van der Waals surface area contributed by atoms with E-state index in [2.05, 4.69) is 31.3 Å². The van der Waals surface area contributed by atoms with Crippen LogP contribution in [0.5, 0.6) is 0 Å². The summed E-state index contributed by atoms with van der Waals surface area (Å²) in [6, 6.07) is -0.629. The number of aliphatic hydroxyl groups excluding tert-OH is 2. The van der Waals surface area contributed by atoms with Crippen molar-refractivity contribution in [2.75, 3.05) is 13.2 Å². The zero-order chi connectivity index (χ0) is 60.6. The van der Waals surface area contributed by atoms with E-state index in [1.807, 2.05) is 6.08 Å². The fourth-order valence-electron chi connectivity index (χ4n) is 12.3. The van der Waals surface area contributed by atoms with Gasteiger partial charge in [0.15, 0.2) is 0 Å². The van der Waals surface area contributed by atoms with Crippen LogP contribution in [0.3, 0.4) is 0 Å². The van der Waals surface area contributed by atoms with E-state index in [0.717, 1.165) is 38.5 Å². The van der Waals surface area contributed by atoms with E-state index in [1.165, 1.54) is 372 Å². The number of hydrogen-bond acceptors (Lipinski definition) is 5. The van der Waals surface area contributed by atoms with Crippen molar-refractivity contribution in [3.05, 3.63) is 24.3 Å². The standard InChI is InChI=1S/C78H151NO5/c1-3-5-7-9-11-13-15-17-18-19-20-21-22-28-31-34-37-40-43-47-50-54-58-62-66-70-76(81)75(74-80)79-77(82)71-67-63-59-55-51-48-44-41-38-35-32-29-26-24-23-25-27-30-33-36-39-42-45-49-53-57-61-65-69-73-84-78(83)72-68-64-60-56-52-46-16-14-12-10-8-6-4-2/h23,25,66,70,75-76,80-81H,3-22,24,26-65,67-69,71-74H2,1-2H3,(H,79,82)/b25-23-,70-66+. The highest BCUT2D eigenvalue weighted by Gasteiger charge is 2.18. The summed E-state index contributed by atoms with van der Waals surface area (Å²) in [7, 11) is 0. The molecule has 0 fully saturated rings. The molecule has 0 aliphatic rings. The first-order chi connectivity index (χ1) is 41.5. The number of allylic oxidation sites excluding steroid dienone is 3. The molecule has 0 aromatic carbocycles. The molecule has 1 amide bonds. The van der Waals surface area contributed by atoms with Gasteiger partial charge in [0, 0.05) is 12.8 Å². The van der Waals surface area contributed by atoms with Crippen molar-refractivity contribution >= 4 is 11.9 Å². The lowest BCUT2D eigenvalue weighted by atomic mass is 10.0. The molecular weight excluding hydrogens is 1030 g/mol. The van der Waals surface area contributed by atoms with Gasteiger partial charge in [0.25, 0.3) is 0 Å². The summed E-state index contributed by atoms with van der Waals surface area (Å²) in [6.07, 6.45) is 94.3. The molecule has 0 saturated heterocycles. The minimum absolute atomic E-state index is 0.0187. The van der Waals surface area contributed by atoms with Crippen LogP contribution in [0.25, 0.3) is 0 Å². The first-order valence-corrected chi connectivity index (χ1v) is 38.6. The van der Waals surface area contributed by atoms with Crippen LogP contribution in [0.4, 0.5) is 0 Å². The second kappa shape index (κ2) is 73.8. The Labute approximate surface area is 526 Å². The summed E-state index contributed by atoms with van der Waals surface area (Å²) in [6.45, 7) is 4.95. The maximum Gasteiger partial charge on any atom is 0.305 e. The molecule has 3 N–H and O–H groups in total. The Bertz CT molecular complexity index is 1320. The van der Waals surface area contributed by atoms with Crippen molar-refractivity contribution < 1.29 is 24.5 Å². The maximum absolute atomic E-state index is 12.6. The van der Waals surface area contributed by atoms with Gasteiger partial charge in [-0.3, -0.25) is 9.59 Å². The van der Waals surface area contributed by atoms with Gasteiger partial charge in [-0.15, -0.1) is 0 Å². The van der Waals surface area contributed by atoms with Gasteiger partial charge < -0.3 is 20.3 Å². The third-order valence-corrected chi connectivity index (χ3v) is 18.2. The Kier molecular flexibility index (Phi) is 72.3. The van der Waals surface area contributed by atoms with Crippen molar-refractivity contribution in [3.63, 3.8) is 0 Å². The van der Waals surface area contributed by atoms with Gasteiger partial charge >= 0.3 is 5.97 Å². The monoisotopic (exact) mass is 1180 g/mol. The highest BCUT2D eigenvalue weighted by Crippen LogP contribution is 2.20. The van der Waals surface area contributed by atoms with E-state index in [-0.39, 0.29) is 18.5 Å². The molecule has 498 valence electrons. The Hall–Kier alpha value is -1.66. The molecule has 0 aliphatic heterocycles. The zero-order valence-electron chi connectivity index (χ0n) is 57.2. The fraction of sp³-hybridized carbons (Fsp3) is 0.923. The molecule has 0 aromatic rings. The molecule has 6 nitrogen and oxygen atoms in total. The number of hydrogen-bond donors (Lipinski definition) is 3. The van der Waals surface area contributed by atoms with Gasteiger partial charge in [0.05, 0.1) is 25.4 Å². The predicted octanol–water partition coefficient (Wildman–Crippen LogP) is 25.3. The minimum Gasteiger partial charge on any atom is -0.466 e. The Balaban J connectivity index is 3.40. The molecular formula is C78H151NO5. The van der Waals surface area contributed by atoms with Crippen LogP contribution in [-0.2, 0) is 14.3 Å². The van der Waals surface area contributed by atoms with Gasteiger partial charge in [0.1, 0.15) is 0 Å². The zero-order valence-corrected chi connectivity index (χ0v) is 57.2. The van der Waals surface area contributed by atoms with Crippen LogP contribution in [-0.4, -0.2) is 47.4 Å². The summed E-state index contributed by atoms with van der Waals surface area (Å²) in [5, 5.41) is 23.3. The SMILES string of the molecule is CCCCCCCCCCCCCCCCCCCCCCCCC/C=C/C(O)C(CO)NC(=O)CCCCCCCCCCCCCCC/C=C\CCCCCCCCCCCCCCOC(=O)CCCCCCCCCCCCCCC. The molecule has 0 saturated carbocycles. The van der Waals surface area contributed by atoms with Crippen molar-refractivity contribution in [1.29, 1.82) is 0 Å². The molecule has 0 radical (unpaired) electrons. The number of esters is 1. The number of carbonyl (C=O) groups is 2. The molecule has 0 heterocycles. The third-order valence-electron chi connectivity index (χ3n) is 18.2.